The first kappa shape index (κ1) is 12.2. The van der Waals surface area contributed by atoms with Gasteiger partial charge >= 0.3 is 0 Å². The molecule has 3 N–H and O–H groups in total. The van der Waals surface area contributed by atoms with E-state index < -0.39 is 0 Å². The summed E-state index contributed by atoms with van der Waals surface area (Å²) in [6.07, 6.45) is 10.9. The lowest BCUT2D eigenvalue weighted by molar-refractivity contribution is 0.545. The number of rotatable bonds is 4. The number of nitrogens with one attached hydrogen (secondary N) is 1. The molecule has 3 rings (SSSR count). The van der Waals surface area contributed by atoms with Crippen molar-refractivity contribution in [2.45, 2.75) is 25.7 Å². The maximum atomic E-state index is 5.48. The lowest BCUT2D eigenvalue weighted by Crippen LogP contribution is -2.26. The van der Waals surface area contributed by atoms with Crippen LogP contribution in [0.1, 0.15) is 25.7 Å². The van der Waals surface area contributed by atoms with E-state index in [1.807, 2.05) is 16.8 Å². The number of nitrogens with zero attached hydrogens (tertiary/aromatic N) is 4. The van der Waals surface area contributed by atoms with Crippen LogP contribution < -0.4 is 16.2 Å². The Balaban J connectivity index is 1.90. The molecule has 2 aromatic heterocycles. The van der Waals surface area contributed by atoms with Crippen LogP contribution in [0.15, 0.2) is 18.6 Å². The molecule has 0 aliphatic heterocycles. The first-order valence-electron chi connectivity index (χ1n) is 6.79. The number of hydrazine groups is 1. The van der Waals surface area contributed by atoms with E-state index in [2.05, 4.69) is 27.3 Å². The number of fused-ring (bicyclic) bond motifs is 1. The van der Waals surface area contributed by atoms with Crippen molar-refractivity contribution in [2.75, 3.05) is 23.9 Å². The lowest BCUT2D eigenvalue weighted by atomic mass is 10.1. The van der Waals surface area contributed by atoms with Gasteiger partial charge in [0.1, 0.15) is 0 Å². The predicted molar refractivity (Wildman–Crippen MR) is 76.0 cm³/mol. The average molecular weight is 260 g/mol. The van der Waals surface area contributed by atoms with Crippen LogP contribution in [0.3, 0.4) is 0 Å². The van der Waals surface area contributed by atoms with Gasteiger partial charge in [-0.3, -0.25) is 0 Å². The van der Waals surface area contributed by atoms with E-state index in [4.69, 9.17) is 5.84 Å². The lowest BCUT2D eigenvalue weighted by Gasteiger charge is -2.22. The van der Waals surface area contributed by atoms with Crippen LogP contribution in [-0.4, -0.2) is 28.0 Å². The Kier molecular flexibility index (Phi) is 3.25. The molecule has 6 nitrogen and oxygen atoms in total. The van der Waals surface area contributed by atoms with Crippen molar-refractivity contribution in [2.24, 2.45) is 11.8 Å². The standard InChI is InChI=1S/C13H20N6/c1-18(8-10-4-2-3-5-10)13-12-15-6-7-19(12)9-11(16-13)17-14/h6-7,9-10,17H,2-5,8,14H2,1H3. The van der Waals surface area contributed by atoms with E-state index in [1.165, 1.54) is 25.7 Å². The molecule has 0 aromatic carbocycles. The molecule has 19 heavy (non-hydrogen) atoms. The van der Waals surface area contributed by atoms with Gasteiger partial charge in [-0.05, 0) is 18.8 Å². The van der Waals surface area contributed by atoms with Gasteiger partial charge in [0.2, 0.25) is 0 Å². The molecule has 0 atom stereocenters. The molecule has 1 fully saturated rings. The van der Waals surface area contributed by atoms with Crippen LogP contribution in [0.2, 0.25) is 0 Å². The number of nitrogens with two attached hydrogens (primary N) is 1. The molecule has 1 aliphatic carbocycles. The fourth-order valence-electron chi connectivity index (χ4n) is 2.91. The minimum atomic E-state index is 0.652. The maximum Gasteiger partial charge on any atom is 0.180 e. The summed E-state index contributed by atoms with van der Waals surface area (Å²) in [5.41, 5.74) is 3.49. The van der Waals surface area contributed by atoms with E-state index >= 15 is 0 Å². The zero-order valence-electron chi connectivity index (χ0n) is 11.2. The molecule has 6 heteroatoms. The van der Waals surface area contributed by atoms with Crippen molar-refractivity contribution in [3.63, 3.8) is 0 Å². The summed E-state index contributed by atoms with van der Waals surface area (Å²) in [6.45, 7) is 1.03. The normalized spacial score (nSPS) is 16.1. The molecular formula is C13H20N6. The fourth-order valence-corrected chi connectivity index (χ4v) is 2.91. The number of aromatic nitrogens is 3. The average Bonchev–Trinajstić information content (AvgIpc) is 3.07. The summed E-state index contributed by atoms with van der Waals surface area (Å²) < 4.78 is 1.95. The summed E-state index contributed by atoms with van der Waals surface area (Å²) in [6, 6.07) is 0. The number of imidazole rings is 1. The zero-order chi connectivity index (χ0) is 13.2. The van der Waals surface area contributed by atoms with E-state index in [0.29, 0.717) is 5.82 Å². The summed E-state index contributed by atoms with van der Waals surface area (Å²) in [5, 5.41) is 0. The Labute approximate surface area is 112 Å². The highest BCUT2D eigenvalue weighted by Gasteiger charge is 2.19. The van der Waals surface area contributed by atoms with Gasteiger partial charge in [0, 0.05) is 26.0 Å². The van der Waals surface area contributed by atoms with Crippen molar-refractivity contribution >= 4 is 17.3 Å². The van der Waals surface area contributed by atoms with Gasteiger partial charge in [-0.15, -0.1) is 0 Å². The van der Waals surface area contributed by atoms with E-state index in [9.17, 15) is 0 Å². The molecule has 102 valence electrons. The Bertz CT molecular complexity index is 557. The van der Waals surface area contributed by atoms with Gasteiger partial charge in [-0.1, -0.05) is 12.8 Å². The fraction of sp³-hybridized carbons (Fsp3) is 0.538. The first-order chi connectivity index (χ1) is 9.28. The van der Waals surface area contributed by atoms with Crippen LogP contribution in [-0.2, 0) is 0 Å². The SMILES string of the molecule is CN(CC1CCCC1)c1nc(NN)cn2ccnc12. The molecule has 0 radical (unpaired) electrons. The third-order valence-corrected chi connectivity index (χ3v) is 3.87. The quantitative estimate of drug-likeness (QED) is 0.646. The number of anilines is 2. The van der Waals surface area contributed by atoms with Crippen LogP contribution in [0.25, 0.3) is 5.65 Å². The Morgan fingerprint density at radius 3 is 3.00 bits per heavy atom. The van der Waals surface area contributed by atoms with Gasteiger partial charge in [0.25, 0.3) is 0 Å². The molecule has 0 bridgehead atoms. The van der Waals surface area contributed by atoms with E-state index in [1.54, 1.807) is 6.20 Å². The summed E-state index contributed by atoms with van der Waals surface area (Å²) in [4.78, 5) is 11.1. The third-order valence-electron chi connectivity index (χ3n) is 3.87. The van der Waals surface area contributed by atoms with Crippen molar-refractivity contribution < 1.29 is 0 Å². The monoisotopic (exact) mass is 260 g/mol. The Morgan fingerprint density at radius 2 is 2.26 bits per heavy atom. The molecule has 2 heterocycles. The summed E-state index contributed by atoms with van der Waals surface area (Å²) in [7, 11) is 2.08. The number of nitrogen functional groups attached to an aromatic ring is 1. The van der Waals surface area contributed by atoms with Crippen molar-refractivity contribution in [3.8, 4) is 0 Å². The van der Waals surface area contributed by atoms with Crippen LogP contribution >= 0.6 is 0 Å². The van der Waals surface area contributed by atoms with Gasteiger partial charge in [-0.2, -0.15) is 0 Å². The van der Waals surface area contributed by atoms with Gasteiger partial charge in [0.05, 0.1) is 6.20 Å². The molecular weight excluding hydrogens is 240 g/mol. The second kappa shape index (κ2) is 5.05. The molecule has 0 amide bonds. The second-order valence-corrected chi connectivity index (χ2v) is 5.28. The number of hydrogen-bond acceptors (Lipinski definition) is 5. The smallest absolute Gasteiger partial charge is 0.180 e. The Hall–Kier alpha value is -1.82. The summed E-state index contributed by atoms with van der Waals surface area (Å²) in [5.74, 6) is 7.79. The topological polar surface area (TPSA) is 71.5 Å². The van der Waals surface area contributed by atoms with Crippen molar-refractivity contribution in [1.29, 1.82) is 0 Å². The van der Waals surface area contributed by atoms with Gasteiger partial charge < -0.3 is 14.7 Å². The van der Waals surface area contributed by atoms with Crippen LogP contribution in [0, 0.1) is 5.92 Å². The van der Waals surface area contributed by atoms with E-state index in [0.717, 1.165) is 23.9 Å². The highest BCUT2D eigenvalue weighted by atomic mass is 15.3. The predicted octanol–water partition coefficient (Wildman–Crippen LogP) is 1.64. The minimum Gasteiger partial charge on any atom is -0.356 e. The molecule has 0 spiro atoms. The largest absolute Gasteiger partial charge is 0.356 e. The van der Waals surface area contributed by atoms with Gasteiger partial charge in [-0.25, -0.2) is 15.8 Å². The third kappa shape index (κ3) is 2.35. The molecule has 0 unspecified atom stereocenters. The molecule has 2 aromatic rings. The van der Waals surface area contributed by atoms with Gasteiger partial charge in [0.15, 0.2) is 17.3 Å². The minimum absolute atomic E-state index is 0.652. The first-order valence-corrected chi connectivity index (χ1v) is 6.79. The summed E-state index contributed by atoms with van der Waals surface area (Å²) >= 11 is 0. The highest BCUT2D eigenvalue weighted by molar-refractivity contribution is 5.66. The van der Waals surface area contributed by atoms with Crippen molar-refractivity contribution in [3.05, 3.63) is 18.6 Å². The van der Waals surface area contributed by atoms with Crippen LogP contribution in [0.5, 0.6) is 0 Å². The number of hydrogen-bond donors (Lipinski definition) is 2. The molecule has 1 aliphatic rings. The van der Waals surface area contributed by atoms with E-state index in [-0.39, 0.29) is 0 Å². The molecule has 1 saturated carbocycles. The van der Waals surface area contributed by atoms with Crippen molar-refractivity contribution in [1.82, 2.24) is 14.4 Å². The van der Waals surface area contributed by atoms with Crippen LogP contribution in [0.4, 0.5) is 11.6 Å². The second-order valence-electron chi connectivity index (χ2n) is 5.28. The maximum absolute atomic E-state index is 5.48. The highest BCUT2D eigenvalue weighted by Crippen LogP contribution is 2.27. The Morgan fingerprint density at radius 1 is 1.47 bits per heavy atom. The molecule has 0 saturated heterocycles. The zero-order valence-corrected chi connectivity index (χ0v) is 11.2.